The minimum atomic E-state index is 0.887. The molecule has 0 saturated carbocycles. The predicted molar refractivity (Wildman–Crippen MR) is 77.9 cm³/mol. The van der Waals surface area contributed by atoms with E-state index in [0.717, 1.165) is 11.8 Å². The van der Waals surface area contributed by atoms with Crippen LogP contribution >= 0.6 is 0 Å². The molecule has 3 heteroatoms. The van der Waals surface area contributed by atoms with Gasteiger partial charge in [0.05, 0.1) is 0 Å². The fraction of sp³-hybridized carbons (Fsp3) is 1.00. The fourth-order valence-electron chi connectivity index (χ4n) is 3.52. The quantitative estimate of drug-likeness (QED) is 0.804. The minimum absolute atomic E-state index is 0.887. The largest absolute Gasteiger partial charge is 0.316 e. The summed E-state index contributed by atoms with van der Waals surface area (Å²) in [7, 11) is 4.57. The minimum Gasteiger partial charge on any atom is -0.316 e. The van der Waals surface area contributed by atoms with Gasteiger partial charge in [0.15, 0.2) is 0 Å². The molecule has 2 atom stereocenters. The summed E-state index contributed by atoms with van der Waals surface area (Å²) in [6, 6.07) is 0. The lowest BCUT2D eigenvalue weighted by atomic mass is 9.94. The first kappa shape index (κ1) is 14.3. The molecule has 1 N–H and O–H groups in total. The summed E-state index contributed by atoms with van der Waals surface area (Å²) in [5.74, 6) is 1.83. The highest BCUT2D eigenvalue weighted by Crippen LogP contribution is 2.19. The number of hydrogen-bond donors (Lipinski definition) is 1. The van der Waals surface area contributed by atoms with Crippen LogP contribution in [0, 0.1) is 11.8 Å². The normalized spacial score (nSPS) is 30.8. The molecular formula is C15H31N3. The third-order valence-corrected chi connectivity index (χ3v) is 4.61. The van der Waals surface area contributed by atoms with E-state index in [9.17, 15) is 0 Å². The van der Waals surface area contributed by atoms with Crippen LogP contribution in [-0.4, -0.2) is 63.2 Å². The molecule has 2 aliphatic heterocycles. The average molecular weight is 253 g/mol. The number of piperidine rings is 2. The number of nitrogens with zero attached hydrogens (tertiary/aromatic N) is 2. The molecule has 2 aliphatic rings. The Morgan fingerprint density at radius 2 is 2.06 bits per heavy atom. The standard InChI is InChI=1S/C15H31N3/c1-17-9-4-6-14(12-17)7-10-18(2)13-15-5-3-8-16-11-15/h14-16H,3-13H2,1-2H3. The van der Waals surface area contributed by atoms with Gasteiger partial charge in [-0.25, -0.2) is 0 Å². The van der Waals surface area contributed by atoms with Crippen molar-refractivity contribution in [2.75, 3.05) is 53.4 Å². The summed E-state index contributed by atoms with van der Waals surface area (Å²) < 4.78 is 0. The van der Waals surface area contributed by atoms with Crippen molar-refractivity contribution in [2.24, 2.45) is 11.8 Å². The van der Waals surface area contributed by atoms with E-state index in [2.05, 4.69) is 29.2 Å². The van der Waals surface area contributed by atoms with Crippen molar-refractivity contribution in [3.8, 4) is 0 Å². The van der Waals surface area contributed by atoms with Crippen LogP contribution in [0.25, 0.3) is 0 Å². The average Bonchev–Trinajstić information content (AvgIpc) is 2.38. The molecule has 2 fully saturated rings. The van der Waals surface area contributed by atoms with Crippen molar-refractivity contribution in [1.82, 2.24) is 15.1 Å². The molecule has 0 aliphatic carbocycles. The smallest absolute Gasteiger partial charge is 0.00187 e. The lowest BCUT2D eigenvalue weighted by molar-refractivity contribution is 0.175. The van der Waals surface area contributed by atoms with Gasteiger partial charge < -0.3 is 15.1 Å². The Balaban J connectivity index is 1.60. The van der Waals surface area contributed by atoms with Gasteiger partial charge in [-0.3, -0.25) is 0 Å². The van der Waals surface area contributed by atoms with Gasteiger partial charge >= 0.3 is 0 Å². The number of nitrogens with one attached hydrogen (secondary N) is 1. The zero-order valence-corrected chi connectivity index (χ0v) is 12.3. The predicted octanol–water partition coefficient (Wildman–Crippen LogP) is 1.65. The zero-order chi connectivity index (χ0) is 12.8. The van der Waals surface area contributed by atoms with Gasteiger partial charge in [-0.05, 0) is 84.2 Å². The van der Waals surface area contributed by atoms with Crippen LogP contribution in [0.2, 0.25) is 0 Å². The number of hydrogen-bond acceptors (Lipinski definition) is 3. The molecule has 0 aromatic carbocycles. The zero-order valence-electron chi connectivity index (χ0n) is 12.3. The van der Waals surface area contributed by atoms with Gasteiger partial charge in [0.1, 0.15) is 0 Å². The molecular weight excluding hydrogens is 222 g/mol. The monoisotopic (exact) mass is 253 g/mol. The van der Waals surface area contributed by atoms with Crippen molar-refractivity contribution in [2.45, 2.75) is 32.1 Å². The molecule has 0 radical (unpaired) electrons. The second-order valence-corrected chi connectivity index (χ2v) is 6.53. The van der Waals surface area contributed by atoms with Crippen LogP contribution in [0.1, 0.15) is 32.1 Å². The van der Waals surface area contributed by atoms with Crippen molar-refractivity contribution in [3.05, 3.63) is 0 Å². The maximum absolute atomic E-state index is 3.52. The number of likely N-dealkylation sites (tertiary alicyclic amines) is 1. The van der Waals surface area contributed by atoms with Crippen molar-refractivity contribution in [1.29, 1.82) is 0 Å². The van der Waals surface area contributed by atoms with E-state index in [0.29, 0.717) is 0 Å². The summed E-state index contributed by atoms with van der Waals surface area (Å²) in [6.07, 6.45) is 7.02. The Morgan fingerprint density at radius 1 is 1.22 bits per heavy atom. The van der Waals surface area contributed by atoms with Crippen LogP contribution in [0.3, 0.4) is 0 Å². The summed E-state index contributed by atoms with van der Waals surface area (Å²) in [4.78, 5) is 5.06. The first-order valence-electron chi connectivity index (χ1n) is 7.82. The fourth-order valence-corrected chi connectivity index (χ4v) is 3.52. The molecule has 106 valence electrons. The molecule has 0 aromatic heterocycles. The molecule has 0 spiro atoms. The van der Waals surface area contributed by atoms with E-state index in [-0.39, 0.29) is 0 Å². The lowest BCUT2D eigenvalue weighted by Crippen LogP contribution is -2.38. The maximum Gasteiger partial charge on any atom is 0.00187 e. The highest BCUT2D eigenvalue weighted by atomic mass is 15.1. The summed E-state index contributed by atoms with van der Waals surface area (Å²) in [5, 5.41) is 3.52. The van der Waals surface area contributed by atoms with E-state index in [1.165, 1.54) is 71.4 Å². The van der Waals surface area contributed by atoms with E-state index >= 15 is 0 Å². The Hall–Kier alpha value is -0.120. The summed E-state index contributed by atoms with van der Waals surface area (Å²) >= 11 is 0. The Bertz CT molecular complexity index is 226. The first-order valence-corrected chi connectivity index (χ1v) is 7.82. The maximum atomic E-state index is 3.52. The molecule has 2 rings (SSSR count). The Kier molecular flexibility index (Phi) is 5.93. The SMILES string of the molecule is CN1CCCC(CCN(C)CC2CCCNC2)C1. The number of rotatable bonds is 5. The van der Waals surface area contributed by atoms with Crippen LogP contribution in [-0.2, 0) is 0 Å². The second kappa shape index (κ2) is 7.46. The molecule has 2 heterocycles. The van der Waals surface area contributed by atoms with E-state index in [1.54, 1.807) is 0 Å². The van der Waals surface area contributed by atoms with Gasteiger partial charge in [-0.15, -0.1) is 0 Å². The topological polar surface area (TPSA) is 18.5 Å². The highest BCUT2D eigenvalue weighted by Gasteiger charge is 2.19. The third kappa shape index (κ3) is 4.87. The molecule has 3 nitrogen and oxygen atoms in total. The first-order chi connectivity index (χ1) is 8.74. The van der Waals surface area contributed by atoms with Crippen LogP contribution in [0.4, 0.5) is 0 Å². The van der Waals surface area contributed by atoms with Crippen LogP contribution in [0.15, 0.2) is 0 Å². The highest BCUT2D eigenvalue weighted by molar-refractivity contribution is 4.74. The van der Waals surface area contributed by atoms with Gasteiger partial charge in [-0.2, -0.15) is 0 Å². The van der Waals surface area contributed by atoms with E-state index in [4.69, 9.17) is 0 Å². The van der Waals surface area contributed by atoms with Crippen molar-refractivity contribution >= 4 is 0 Å². The Labute approximate surface area is 113 Å². The van der Waals surface area contributed by atoms with Gasteiger partial charge in [0.2, 0.25) is 0 Å². The van der Waals surface area contributed by atoms with Crippen LogP contribution < -0.4 is 5.32 Å². The molecule has 2 unspecified atom stereocenters. The van der Waals surface area contributed by atoms with Crippen molar-refractivity contribution < 1.29 is 0 Å². The molecule has 18 heavy (non-hydrogen) atoms. The van der Waals surface area contributed by atoms with Gasteiger partial charge in [0, 0.05) is 13.1 Å². The molecule has 0 bridgehead atoms. The lowest BCUT2D eigenvalue weighted by Gasteiger charge is -2.32. The summed E-state index contributed by atoms with van der Waals surface area (Å²) in [5.41, 5.74) is 0. The second-order valence-electron chi connectivity index (χ2n) is 6.53. The Morgan fingerprint density at radius 3 is 2.78 bits per heavy atom. The molecule has 0 aromatic rings. The van der Waals surface area contributed by atoms with E-state index in [1.807, 2.05) is 0 Å². The third-order valence-electron chi connectivity index (χ3n) is 4.61. The van der Waals surface area contributed by atoms with E-state index < -0.39 is 0 Å². The molecule has 2 saturated heterocycles. The summed E-state index contributed by atoms with van der Waals surface area (Å²) in [6.45, 7) is 7.66. The molecule has 0 amide bonds. The van der Waals surface area contributed by atoms with Crippen molar-refractivity contribution in [3.63, 3.8) is 0 Å². The van der Waals surface area contributed by atoms with Gasteiger partial charge in [0.25, 0.3) is 0 Å². The van der Waals surface area contributed by atoms with Crippen LogP contribution in [0.5, 0.6) is 0 Å². The van der Waals surface area contributed by atoms with Gasteiger partial charge in [-0.1, -0.05) is 0 Å².